The third-order valence-corrected chi connectivity index (χ3v) is 5.15. The highest BCUT2D eigenvalue weighted by molar-refractivity contribution is 7.92. The lowest BCUT2D eigenvalue weighted by Crippen LogP contribution is -2.30. The van der Waals surface area contributed by atoms with Crippen LogP contribution in [0.25, 0.3) is 0 Å². The van der Waals surface area contributed by atoms with Crippen molar-refractivity contribution in [2.75, 3.05) is 25.5 Å². The van der Waals surface area contributed by atoms with Gasteiger partial charge in [0.25, 0.3) is 0 Å². The molecule has 1 rings (SSSR count). The first-order chi connectivity index (χ1) is 7.17. The molecule has 0 bridgehead atoms. The molecule has 1 fully saturated rings. The van der Waals surface area contributed by atoms with Crippen LogP contribution in [-0.2, 0) is 14.6 Å². The molecule has 0 aliphatic carbocycles. The molecule has 0 radical (unpaired) electrons. The molecule has 2 N–H and O–H groups in total. The Labute approximate surface area is 92.1 Å². The van der Waals surface area contributed by atoms with Crippen molar-refractivity contribution >= 4 is 9.84 Å². The van der Waals surface area contributed by atoms with Crippen LogP contribution in [0.4, 0.5) is 0 Å². The summed E-state index contributed by atoms with van der Waals surface area (Å²) >= 11 is 0. The van der Waals surface area contributed by atoms with Gasteiger partial charge < -0.3 is 10.5 Å². The first kappa shape index (κ1) is 12.9. The molecule has 1 aliphatic heterocycles. The molecule has 0 unspecified atom stereocenters. The van der Waals surface area contributed by atoms with Gasteiger partial charge in [-0.05, 0) is 32.2 Å². The van der Waals surface area contributed by atoms with Crippen molar-refractivity contribution < 1.29 is 13.2 Å². The lowest BCUT2D eigenvalue weighted by molar-refractivity contribution is 0.0983. The highest BCUT2D eigenvalue weighted by Crippen LogP contribution is 2.17. The number of ether oxygens (including phenoxy) is 1. The van der Waals surface area contributed by atoms with E-state index in [0.29, 0.717) is 38.4 Å². The van der Waals surface area contributed by atoms with Gasteiger partial charge in [0.15, 0.2) is 9.84 Å². The Kier molecular flexibility index (Phi) is 5.56. The molecule has 5 heteroatoms. The summed E-state index contributed by atoms with van der Waals surface area (Å²) in [5.74, 6) is 0.317. The average molecular weight is 235 g/mol. The number of hydrogen-bond acceptors (Lipinski definition) is 4. The minimum absolute atomic E-state index is 0.163. The predicted octanol–water partition coefficient (Wildman–Crippen LogP) is 0.709. The quantitative estimate of drug-likeness (QED) is 0.688. The van der Waals surface area contributed by atoms with Crippen LogP contribution in [0.2, 0.25) is 0 Å². The summed E-state index contributed by atoms with van der Waals surface area (Å²) in [5, 5.41) is -0.163. The van der Waals surface area contributed by atoms with Gasteiger partial charge >= 0.3 is 0 Å². The van der Waals surface area contributed by atoms with Crippen LogP contribution >= 0.6 is 0 Å². The monoisotopic (exact) mass is 235 g/mol. The second-order valence-electron chi connectivity index (χ2n) is 4.03. The van der Waals surface area contributed by atoms with E-state index in [1.807, 2.05) is 0 Å². The van der Waals surface area contributed by atoms with Crippen molar-refractivity contribution in [3.05, 3.63) is 0 Å². The third kappa shape index (κ3) is 4.49. The summed E-state index contributed by atoms with van der Waals surface area (Å²) in [6, 6.07) is 0. The van der Waals surface area contributed by atoms with Gasteiger partial charge in [-0.2, -0.15) is 0 Å². The van der Waals surface area contributed by atoms with Gasteiger partial charge in [-0.1, -0.05) is 6.42 Å². The summed E-state index contributed by atoms with van der Waals surface area (Å²) in [7, 11) is -2.88. The number of hydrogen-bond donors (Lipinski definition) is 1. The second-order valence-corrected chi connectivity index (χ2v) is 6.43. The fraction of sp³-hybridized carbons (Fsp3) is 1.00. The minimum atomic E-state index is -2.88. The zero-order valence-corrected chi connectivity index (χ0v) is 9.97. The first-order valence-corrected chi connectivity index (χ1v) is 7.38. The molecule has 90 valence electrons. The Morgan fingerprint density at radius 1 is 1.13 bits per heavy atom. The van der Waals surface area contributed by atoms with E-state index in [1.165, 1.54) is 0 Å². The fourth-order valence-corrected chi connectivity index (χ4v) is 3.68. The Morgan fingerprint density at radius 3 is 2.40 bits per heavy atom. The summed E-state index contributed by atoms with van der Waals surface area (Å²) in [5.41, 5.74) is 5.36. The zero-order valence-electron chi connectivity index (χ0n) is 9.15. The molecule has 0 aromatic heterocycles. The second kappa shape index (κ2) is 6.45. The minimum Gasteiger partial charge on any atom is -0.381 e. The molecule has 1 heterocycles. The molecular weight excluding hydrogens is 214 g/mol. The van der Waals surface area contributed by atoms with Crippen molar-refractivity contribution in [2.24, 2.45) is 5.73 Å². The maximum Gasteiger partial charge on any atom is 0.153 e. The van der Waals surface area contributed by atoms with Crippen LogP contribution in [-0.4, -0.2) is 39.2 Å². The molecule has 4 nitrogen and oxygen atoms in total. The van der Waals surface area contributed by atoms with Gasteiger partial charge in [0.05, 0.1) is 11.0 Å². The van der Waals surface area contributed by atoms with E-state index in [0.717, 1.165) is 19.3 Å². The van der Waals surface area contributed by atoms with Crippen molar-refractivity contribution in [3.63, 3.8) is 0 Å². The Balaban J connectivity index is 2.30. The predicted molar refractivity (Wildman–Crippen MR) is 60.5 cm³/mol. The van der Waals surface area contributed by atoms with Crippen LogP contribution in [0.3, 0.4) is 0 Å². The van der Waals surface area contributed by atoms with Crippen molar-refractivity contribution in [1.29, 1.82) is 0 Å². The molecule has 0 amide bonds. The van der Waals surface area contributed by atoms with E-state index in [4.69, 9.17) is 10.5 Å². The smallest absolute Gasteiger partial charge is 0.153 e. The maximum atomic E-state index is 11.9. The molecule has 0 spiro atoms. The highest BCUT2D eigenvalue weighted by Gasteiger charge is 2.26. The number of nitrogens with two attached hydrogens (primary N) is 1. The summed E-state index contributed by atoms with van der Waals surface area (Å²) in [6.07, 6.45) is 3.91. The summed E-state index contributed by atoms with van der Waals surface area (Å²) in [6.45, 7) is 1.83. The van der Waals surface area contributed by atoms with Gasteiger partial charge in [-0.25, -0.2) is 8.42 Å². The largest absolute Gasteiger partial charge is 0.381 e. The number of rotatable bonds is 6. The third-order valence-electron chi connectivity index (χ3n) is 2.81. The van der Waals surface area contributed by atoms with Crippen molar-refractivity contribution in [1.82, 2.24) is 0 Å². The first-order valence-electron chi connectivity index (χ1n) is 5.66. The van der Waals surface area contributed by atoms with Crippen LogP contribution in [0.5, 0.6) is 0 Å². The topological polar surface area (TPSA) is 69.4 Å². The standard InChI is InChI=1S/C10H21NO3S/c11-6-2-1-3-9-15(12,13)10-4-7-14-8-5-10/h10H,1-9,11H2. The van der Waals surface area contributed by atoms with Crippen LogP contribution in [0.1, 0.15) is 32.1 Å². The molecule has 0 atom stereocenters. The normalized spacial score (nSPS) is 19.3. The molecular formula is C10H21NO3S. The van der Waals surface area contributed by atoms with Gasteiger partial charge in [-0.3, -0.25) is 0 Å². The lowest BCUT2D eigenvalue weighted by Gasteiger charge is -2.22. The molecule has 0 aromatic carbocycles. The van der Waals surface area contributed by atoms with Crippen molar-refractivity contribution in [3.8, 4) is 0 Å². The fourth-order valence-electron chi connectivity index (χ4n) is 1.83. The molecule has 0 saturated carbocycles. The summed E-state index contributed by atoms with van der Waals surface area (Å²) in [4.78, 5) is 0. The maximum absolute atomic E-state index is 11.9. The van der Waals surface area contributed by atoms with Gasteiger partial charge in [0.2, 0.25) is 0 Å². The molecule has 1 saturated heterocycles. The Morgan fingerprint density at radius 2 is 1.80 bits per heavy atom. The molecule has 1 aliphatic rings. The van der Waals surface area contributed by atoms with E-state index in [2.05, 4.69) is 0 Å². The number of sulfone groups is 1. The van der Waals surface area contributed by atoms with E-state index < -0.39 is 9.84 Å². The van der Waals surface area contributed by atoms with Gasteiger partial charge in [0.1, 0.15) is 0 Å². The Hall–Kier alpha value is -0.130. The van der Waals surface area contributed by atoms with E-state index in [1.54, 1.807) is 0 Å². The van der Waals surface area contributed by atoms with Gasteiger partial charge in [-0.15, -0.1) is 0 Å². The van der Waals surface area contributed by atoms with Crippen LogP contribution in [0.15, 0.2) is 0 Å². The zero-order chi connectivity index (χ0) is 11.1. The van der Waals surface area contributed by atoms with Gasteiger partial charge in [0, 0.05) is 13.2 Å². The van der Waals surface area contributed by atoms with Crippen molar-refractivity contribution in [2.45, 2.75) is 37.4 Å². The number of unbranched alkanes of at least 4 members (excludes halogenated alkanes) is 2. The van der Waals surface area contributed by atoms with Crippen LogP contribution in [0, 0.1) is 0 Å². The highest BCUT2D eigenvalue weighted by atomic mass is 32.2. The van der Waals surface area contributed by atoms with E-state index in [9.17, 15) is 8.42 Å². The molecule has 0 aromatic rings. The van der Waals surface area contributed by atoms with E-state index >= 15 is 0 Å². The van der Waals surface area contributed by atoms with E-state index in [-0.39, 0.29) is 5.25 Å². The Bertz CT molecular complexity index is 258. The van der Waals surface area contributed by atoms with Crippen LogP contribution < -0.4 is 5.73 Å². The average Bonchev–Trinajstić information content (AvgIpc) is 2.26. The SMILES string of the molecule is NCCCCCS(=O)(=O)C1CCOCC1. The summed E-state index contributed by atoms with van der Waals surface area (Å²) < 4.78 is 28.9. The lowest BCUT2D eigenvalue weighted by atomic mass is 10.2. The molecule has 15 heavy (non-hydrogen) atoms.